The highest BCUT2D eigenvalue weighted by atomic mass is 35.5. The topological polar surface area (TPSA) is 55.1 Å². The van der Waals surface area contributed by atoms with Gasteiger partial charge in [0.25, 0.3) is 5.91 Å². The largest absolute Gasteiger partial charge is 0.345 e. The third kappa shape index (κ3) is 3.72. The van der Waals surface area contributed by atoms with Crippen LogP contribution in [-0.2, 0) is 7.05 Å². The van der Waals surface area contributed by atoms with Crippen molar-refractivity contribution in [2.24, 2.45) is 7.05 Å². The fourth-order valence-corrected chi connectivity index (χ4v) is 4.93. The Labute approximate surface area is 173 Å². The second-order valence-electron chi connectivity index (χ2n) is 8.06. The number of rotatable bonds is 3. The van der Waals surface area contributed by atoms with Crippen molar-refractivity contribution >= 4 is 18.3 Å². The highest BCUT2D eigenvalue weighted by molar-refractivity contribution is 5.96. The van der Waals surface area contributed by atoms with Gasteiger partial charge in [-0.15, -0.1) is 12.4 Å². The van der Waals surface area contributed by atoms with E-state index in [1.54, 1.807) is 0 Å². The van der Waals surface area contributed by atoms with Gasteiger partial charge in [0, 0.05) is 56.5 Å². The number of carbonyl (C=O) groups is 1. The molecule has 0 aromatic carbocycles. The molecule has 2 aliphatic rings. The Hall–Kier alpha value is -1.79. The minimum Gasteiger partial charge on any atom is -0.345 e. The van der Waals surface area contributed by atoms with Crippen LogP contribution in [0.15, 0.2) is 18.5 Å². The van der Waals surface area contributed by atoms with Crippen LogP contribution in [0.5, 0.6) is 0 Å². The number of hydrogen-bond acceptors (Lipinski definition) is 3. The minimum absolute atomic E-state index is 0. The standard InChI is InChI=1S/C21H31N5O.ClH/c1-15-13-18(16(2)26(15)17-7-5-4-6-8-17)21(27)25-12-9-22-14-19(25)20-23-10-11-24(20)3;/h10-11,13,17,19,22H,4-9,12,14H2,1-3H3;1H. The molecule has 0 spiro atoms. The molecule has 0 bridgehead atoms. The zero-order chi connectivity index (χ0) is 19.0. The Morgan fingerprint density at radius 2 is 1.96 bits per heavy atom. The molecule has 2 fully saturated rings. The molecule has 1 atom stereocenters. The SMILES string of the molecule is Cc1cc(C(=O)N2CCNCC2c2nccn2C)c(C)n1C1CCCCC1.Cl. The second-order valence-corrected chi connectivity index (χ2v) is 8.06. The number of aryl methyl sites for hydroxylation is 2. The summed E-state index contributed by atoms with van der Waals surface area (Å²) in [5.41, 5.74) is 3.20. The summed E-state index contributed by atoms with van der Waals surface area (Å²) < 4.78 is 4.44. The van der Waals surface area contributed by atoms with Crippen LogP contribution >= 0.6 is 12.4 Å². The van der Waals surface area contributed by atoms with Crippen LogP contribution in [0.2, 0.25) is 0 Å². The molecule has 28 heavy (non-hydrogen) atoms. The van der Waals surface area contributed by atoms with Gasteiger partial charge in [0.1, 0.15) is 11.9 Å². The summed E-state index contributed by atoms with van der Waals surface area (Å²) in [6.07, 6.45) is 10.1. The molecule has 1 amide bonds. The average Bonchev–Trinajstić information content (AvgIpc) is 3.24. The van der Waals surface area contributed by atoms with Crippen molar-refractivity contribution in [3.63, 3.8) is 0 Å². The number of amides is 1. The van der Waals surface area contributed by atoms with E-state index in [2.05, 4.69) is 34.8 Å². The van der Waals surface area contributed by atoms with E-state index in [0.717, 1.165) is 30.2 Å². The van der Waals surface area contributed by atoms with E-state index in [0.29, 0.717) is 12.6 Å². The van der Waals surface area contributed by atoms with Gasteiger partial charge in [-0.2, -0.15) is 0 Å². The summed E-state index contributed by atoms with van der Waals surface area (Å²) >= 11 is 0. The molecule has 2 aromatic rings. The Morgan fingerprint density at radius 1 is 1.21 bits per heavy atom. The fourth-order valence-electron chi connectivity index (χ4n) is 4.93. The molecule has 0 radical (unpaired) electrons. The molecule has 1 aliphatic heterocycles. The smallest absolute Gasteiger partial charge is 0.256 e. The predicted octanol–water partition coefficient (Wildman–Crippen LogP) is 3.55. The molecule has 7 heteroatoms. The summed E-state index contributed by atoms with van der Waals surface area (Å²) in [6.45, 7) is 6.55. The molecule has 3 heterocycles. The lowest BCUT2D eigenvalue weighted by Crippen LogP contribution is -2.49. The zero-order valence-electron chi connectivity index (χ0n) is 17.1. The third-order valence-electron chi connectivity index (χ3n) is 6.32. The first kappa shape index (κ1) is 20.9. The number of imidazole rings is 1. The van der Waals surface area contributed by atoms with Gasteiger partial charge >= 0.3 is 0 Å². The minimum atomic E-state index is -0.0241. The number of nitrogens with zero attached hydrogens (tertiary/aromatic N) is 4. The van der Waals surface area contributed by atoms with Crippen LogP contribution in [0.1, 0.15) is 71.8 Å². The molecule has 4 rings (SSSR count). The molecule has 1 saturated heterocycles. The van der Waals surface area contributed by atoms with Gasteiger partial charge in [-0.05, 0) is 32.8 Å². The van der Waals surface area contributed by atoms with Crippen molar-refractivity contribution in [2.45, 2.75) is 58.0 Å². The Morgan fingerprint density at radius 3 is 2.64 bits per heavy atom. The summed E-state index contributed by atoms with van der Waals surface area (Å²) in [5, 5.41) is 3.42. The van der Waals surface area contributed by atoms with E-state index in [-0.39, 0.29) is 24.4 Å². The molecule has 1 saturated carbocycles. The van der Waals surface area contributed by atoms with Crippen molar-refractivity contribution in [2.75, 3.05) is 19.6 Å². The third-order valence-corrected chi connectivity index (χ3v) is 6.32. The average molecular weight is 406 g/mol. The van der Waals surface area contributed by atoms with Crippen LogP contribution in [0, 0.1) is 13.8 Å². The Kier molecular flexibility index (Phi) is 6.50. The van der Waals surface area contributed by atoms with E-state index in [4.69, 9.17) is 0 Å². The lowest BCUT2D eigenvalue weighted by atomic mass is 9.95. The molecule has 1 aliphatic carbocycles. The number of piperazine rings is 1. The summed E-state index contributed by atoms with van der Waals surface area (Å²) in [4.78, 5) is 20.0. The molecule has 6 nitrogen and oxygen atoms in total. The Balaban J connectivity index is 0.00000225. The fraction of sp³-hybridized carbons (Fsp3) is 0.619. The van der Waals surface area contributed by atoms with Gasteiger partial charge in [0.2, 0.25) is 0 Å². The molecule has 1 unspecified atom stereocenters. The van der Waals surface area contributed by atoms with Crippen LogP contribution in [0.4, 0.5) is 0 Å². The maximum atomic E-state index is 13.5. The highest BCUT2D eigenvalue weighted by Crippen LogP contribution is 2.33. The molecular formula is C21H32ClN5O. The predicted molar refractivity (Wildman–Crippen MR) is 113 cm³/mol. The van der Waals surface area contributed by atoms with E-state index in [9.17, 15) is 4.79 Å². The lowest BCUT2D eigenvalue weighted by Gasteiger charge is -2.36. The van der Waals surface area contributed by atoms with Crippen LogP contribution in [-0.4, -0.2) is 44.6 Å². The van der Waals surface area contributed by atoms with E-state index >= 15 is 0 Å². The molecule has 2 aromatic heterocycles. The summed E-state index contributed by atoms with van der Waals surface area (Å²) in [5.74, 6) is 1.08. The quantitative estimate of drug-likeness (QED) is 0.849. The summed E-state index contributed by atoms with van der Waals surface area (Å²) in [7, 11) is 1.99. The first-order valence-corrected chi connectivity index (χ1v) is 10.2. The summed E-state index contributed by atoms with van der Waals surface area (Å²) in [6, 6.07) is 2.63. The first-order chi connectivity index (χ1) is 13.1. The Bertz CT molecular complexity index is 821. The van der Waals surface area contributed by atoms with Gasteiger partial charge in [-0.25, -0.2) is 4.98 Å². The molecular weight excluding hydrogens is 374 g/mol. The molecule has 1 N–H and O–H groups in total. The lowest BCUT2D eigenvalue weighted by molar-refractivity contribution is 0.0620. The highest BCUT2D eigenvalue weighted by Gasteiger charge is 2.33. The monoisotopic (exact) mass is 405 g/mol. The number of carbonyl (C=O) groups excluding carboxylic acids is 1. The number of aromatic nitrogens is 3. The van der Waals surface area contributed by atoms with E-state index in [1.807, 2.05) is 28.9 Å². The zero-order valence-corrected chi connectivity index (χ0v) is 18.0. The van der Waals surface area contributed by atoms with Crippen LogP contribution in [0.3, 0.4) is 0 Å². The van der Waals surface area contributed by atoms with E-state index in [1.165, 1.54) is 37.8 Å². The van der Waals surface area contributed by atoms with Gasteiger partial charge in [-0.1, -0.05) is 19.3 Å². The van der Waals surface area contributed by atoms with Crippen LogP contribution in [0.25, 0.3) is 0 Å². The van der Waals surface area contributed by atoms with Crippen molar-refractivity contribution in [3.8, 4) is 0 Å². The second kappa shape index (κ2) is 8.70. The van der Waals surface area contributed by atoms with Crippen molar-refractivity contribution < 1.29 is 4.79 Å². The van der Waals surface area contributed by atoms with Gasteiger partial charge in [0.15, 0.2) is 0 Å². The van der Waals surface area contributed by atoms with Crippen LogP contribution < -0.4 is 5.32 Å². The van der Waals surface area contributed by atoms with Crippen molar-refractivity contribution in [3.05, 3.63) is 41.2 Å². The maximum absolute atomic E-state index is 13.5. The van der Waals surface area contributed by atoms with Crippen molar-refractivity contribution in [1.82, 2.24) is 24.3 Å². The normalized spacial score (nSPS) is 20.8. The molecule has 154 valence electrons. The first-order valence-electron chi connectivity index (χ1n) is 10.2. The van der Waals surface area contributed by atoms with E-state index < -0.39 is 0 Å². The van der Waals surface area contributed by atoms with Gasteiger partial charge in [0.05, 0.1) is 5.56 Å². The maximum Gasteiger partial charge on any atom is 0.256 e. The van der Waals surface area contributed by atoms with Gasteiger partial charge < -0.3 is 19.4 Å². The number of hydrogen-bond donors (Lipinski definition) is 1. The van der Waals surface area contributed by atoms with Gasteiger partial charge in [-0.3, -0.25) is 4.79 Å². The van der Waals surface area contributed by atoms with Crippen molar-refractivity contribution in [1.29, 1.82) is 0 Å². The number of halogens is 1. The number of nitrogens with one attached hydrogen (secondary N) is 1.